The molecule has 4 aliphatic rings. The van der Waals surface area contributed by atoms with Crippen LogP contribution in [0.2, 0.25) is 0 Å². The Morgan fingerprint density at radius 1 is 1.14 bits per heavy atom. The van der Waals surface area contributed by atoms with E-state index in [1.54, 1.807) is 33.8 Å². The van der Waals surface area contributed by atoms with Crippen molar-refractivity contribution in [2.24, 2.45) is 28.6 Å². The van der Waals surface area contributed by atoms with E-state index in [1.165, 1.54) is 12.2 Å². The minimum atomic E-state index is -2.05. The highest BCUT2D eigenvalue weighted by Crippen LogP contribution is 2.71. The molecule has 36 heavy (non-hydrogen) atoms. The van der Waals surface area contributed by atoms with E-state index in [1.807, 2.05) is 6.92 Å². The maximum absolute atomic E-state index is 17.4. The monoisotopic (exact) mass is 504 g/mol. The second-order valence-corrected chi connectivity index (χ2v) is 11.4. The topological polar surface area (TPSA) is 107 Å². The van der Waals surface area contributed by atoms with Gasteiger partial charge in [0.2, 0.25) is 5.78 Å². The molecule has 3 saturated carbocycles. The number of hydrogen-bond donors (Lipinski definition) is 1. The number of Topliss-reactive ketones (excluding diaryl/α,β-unsaturated/α-hetero) is 1. The first kappa shape index (κ1) is 26.7. The fourth-order valence-corrected chi connectivity index (χ4v) is 8.01. The Hall–Kier alpha value is -2.35. The molecular formula is C28H37FO7. The molecule has 0 unspecified atom stereocenters. The average molecular weight is 505 g/mol. The van der Waals surface area contributed by atoms with Gasteiger partial charge in [0.25, 0.3) is 0 Å². The summed E-state index contributed by atoms with van der Waals surface area (Å²) in [5.41, 5.74) is -5.26. The van der Waals surface area contributed by atoms with Crippen LogP contribution >= 0.6 is 0 Å². The fraction of sp³-hybridized carbons (Fsp3) is 0.714. The predicted octanol–water partition coefficient (Wildman–Crippen LogP) is 3.82. The Morgan fingerprint density at radius 2 is 1.81 bits per heavy atom. The van der Waals surface area contributed by atoms with Crippen molar-refractivity contribution in [1.29, 1.82) is 0 Å². The number of ketones is 2. The molecule has 0 amide bonds. The standard InChI is InChI=1S/C28H37FO7/c1-6-23(33)35-15-22(32)28(36-24(34)7-2)16(3)12-20-19-9-8-17-13-18(30)10-11-25(17,4)27(19,29)21(31)14-26(20,28)5/h10-11,13,16,19-21,31H,6-9,12,14-15H2,1-5H3/t16-,19+,20+,21-,25-,26-,27-,28-/m0/s1. The number of carbonyl (C=O) groups is 4. The van der Waals surface area contributed by atoms with Crippen LogP contribution in [0.3, 0.4) is 0 Å². The van der Waals surface area contributed by atoms with Crippen molar-refractivity contribution in [2.45, 2.75) is 90.5 Å². The van der Waals surface area contributed by atoms with Crippen molar-refractivity contribution in [2.75, 3.05) is 6.61 Å². The van der Waals surface area contributed by atoms with Gasteiger partial charge in [-0.2, -0.15) is 0 Å². The van der Waals surface area contributed by atoms with E-state index in [0.717, 1.165) is 0 Å². The molecule has 0 radical (unpaired) electrons. The number of fused-ring (bicyclic) bond motifs is 5. The molecule has 0 aliphatic heterocycles. The van der Waals surface area contributed by atoms with E-state index in [9.17, 15) is 24.3 Å². The number of aliphatic hydroxyl groups excluding tert-OH is 1. The lowest BCUT2D eigenvalue weighted by atomic mass is 9.44. The van der Waals surface area contributed by atoms with Crippen LogP contribution in [0.15, 0.2) is 23.8 Å². The van der Waals surface area contributed by atoms with Gasteiger partial charge in [-0.25, -0.2) is 4.39 Å². The molecule has 0 aromatic heterocycles. The SMILES string of the molecule is CCC(=O)OCC(=O)[C@@]1(OC(=O)CC)[C@@H](C)C[C@@H]2[C@H]3CCC4=CC(=O)C=C[C@]4(C)[C@@]3(F)[C@@H](O)C[C@@]21C. The molecule has 0 bridgehead atoms. The summed E-state index contributed by atoms with van der Waals surface area (Å²) in [6.07, 6.45) is 4.32. The Balaban J connectivity index is 1.80. The summed E-state index contributed by atoms with van der Waals surface area (Å²) in [5.74, 6) is -3.31. The second-order valence-electron chi connectivity index (χ2n) is 11.4. The minimum absolute atomic E-state index is 0.0430. The molecule has 0 aromatic carbocycles. The first-order chi connectivity index (χ1) is 16.8. The largest absolute Gasteiger partial charge is 0.457 e. The normalized spacial score (nSPS) is 43.1. The van der Waals surface area contributed by atoms with Gasteiger partial charge < -0.3 is 14.6 Å². The number of alkyl halides is 1. The minimum Gasteiger partial charge on any atom is -0.457 e. The van der Waals surface area contributed by atoms with E-state index in [0.29, 0.717) is 24.8 Å². The van der Waals surface area contributed by atoms with Gasteiger partial charge in [0, 0.05) is 35.5 Å². The van der Waals surface area contributed by atoms with Gasteiger partial charge in [-0.1, -0.05) is 39.3 Å². The Morgan fingerprint density at radius 3 is 2.44 bits per heavy atom. The van der Waals surface area contributed by atoms with E-state index < -0.39 is 64.4 Å². The van der Waals surface area contributed by atoms with Gasteiger partial charge in [-0.15, -0.1) is 0 Å². The van der Waals surface area contributed by atoms with Gasteiger partial charge >= 0.3 is 11.9 Å². The zero-order valence-electron chi connectivity index (χ0n) is 21.8. The molecule has 0 spiro atoms. The molecule has 198 valence electrons. The molecule has 0 heterocycles. The van der Waals surface area contributed by atoms with E-state index in [4.69, 9.17) is 9.47 Å². The number of ether oxygens (including phenoxy) is 2. The lowest BCUT2D eigenvalue weighted by Crippen LogP contribution is -2.70. The van der Waals surface area contributed by atoms with Gasteiger partial charge in [0.15, 0.2) is 23.7 Å². The zero-order chi connectivity index (χ0) is 26.7. The van der Waals surface area contributed by atoms with Crippen molar-refractivity contribution >= 4 is 23.5 Å². The third kappa shape index (κ3) is 3.39. The number of aliphatic hydroxyl groups is 1. The van der Waals surface area contributed by atoms with Crippen LogP contribution in [0.4, 0.5) is 4.39 Å². The predicted molar refractivity (Wildman–Crippen MR) is 128 cm³/mol. The number of hydrogen-bond acceptors (Lipinski definition) is 7. The Kier molecular flexibility index (Phi) is 6.60. The van der Waals surface area contributed by atoms with Crippen molar-refractivity contribution in [3.63, 3.8) is 0 Å². The quantitative estimate of drug-likeness (QED) is 0.548. The number of halogens is 1. The molecule has 0 aromatic rings. The molecule has 4 rings (SSSR count). The summed E-state index contributed by atoms with van der Waals surface area (Å²) in [6, 6.07) is 0. The summed E-state index contributed by atoms with van der Waals surface area (Å²) < 4.78 is 28.5. The highest BCUT2D eigenvalue weighted by atomic mass is 19.1. The smallest absolute Gasteiger partial charge is 0.306 e. The Bertz CT molecular complexity index is 1050. The summed E-state index contributed by atoms with van der Waals surface area (Å²) in [6.45, 7) is 8.05. The van der Waals surface area contributed by atoms with Crippen LogP contribution in [0.1, 0.15) is 73.1 Å². The van der Waals surface area contributed by atoms with Crippen LogP contribution in [-0.2, 0) is 28.7 Å². The molecule has 8 atom stereocenters. The fourth-order valence-electron chi connectivity index (χ4n) is 8.01. The molecule has 1 N–H and O–H groups in total. The first-order valence-corrected chi connectivity index (χ1v) is 13.0. The van der Waals surface area contributed by atoms with Crippen molar-refractivity contribution in [3.05, 3.63) is 23.8 Å². The second kappa shape index (κ2) is 8.89. The number of esters is 2. The molecular weight excluding hydrogens is 467 g/mol. The molecule has 3 fully saturated rings. The van der Waals surface area contributed by atoms with Crippen LogP contribution in [0, 0.1) is 28.6 Å². The van der Waals surface area contributed by atoms with Crippen LogP contribution in [0.25, 0.3) is 0 Å². The first-order valence-electron chi connectivity index (χ1n) is 13.0. The van der Waals surface area contributed by atoms with Gasteiger partial charge in [0.05, 0.1) is 6.10 Å². The van der Waals surface area contributed by atoms with Crippen LogP contribution < -0.4 is 0 Å². The van der Waals surface area contributed by atoms with Crippen molar-refractivity contribution < 1.29 is 38.1 Å². The molecule has 4 aliphatic carbocycles. The summed E-state index contributed by atoms with van der Waals surface area (Å²) in [5, 5.41) is 11.5. The van der Waals surface area contributed by atoms with Crippen LogP contribution in [-0.4, -0.2) is 52.6 Å². The van der Waals surface area contributed by atoms with Crippen LogP contribution in [0.5, 0.6) is 0 Å². The Labute approximate surface area is 211 Å². The summed E-state index contributed by atoms with van der Waals surface area (Å²) >= 11 is 0. The highest BCUT2D eigenvalue weighted by molar-refractivity contribution is 6.01. The maximum Gasteiger partial charge on any atom is 0.306 e. The molecule has 0 saturated heterocycles. The van der Waals surface area contributed by atoms with Crippen molar-refractivity contribution in [1.82, 2.24) is 0 Å². The number of rotatable bonds is 6. The molecule has 8 heteroatoms. The number of allylic oxidation sites excluding steroid dienone is 4. The summed E-state index contributed by atoms with van der Waals surface area (Å²) in [7, 11) is 0. The average Bonchev–Trinajstić information content (AvgIpc) is 3.05. The van der Waals surface area contributed by atoms with E-state index >= 15 is 4.39 Å². The zero-order valence-corrected chi connectivity index (χ0v) is 21.8. The number of carbonyl (C=O) groups excluding carboxylic acids is 4. The van der Waals surface area contributed by atoms with E-state index in [2.05, 4.69) is 0 Å². The highest BCUT2D eigenvalue weighted by Gasteiger charge is 2.77. The van der Waals surface area contributed by atoms with E-state index in [-0.39, 0.29) is 31.0 Å². The van der Waals surface area contributed by atoms with Gasteiger partial charge in [-0.05, 0) is 50.7 Å². The molecule has 7 nitrogen and oxygen atoms in total. The van der Waals surface area contributed by atoms with Gasteiger partial charge in [0.1, 0.15) is 0 Å². The van der Waals surface area contributed by atoms with Crippen molar-refractivity contribution in [3.8, 4) is 0 Å². The maximum atomic E-state index is 17.4. The lowest BCUT2D eigenvalue weighted by Gasteiger charge is -2.62. The third-order valence-electron chi connectivity index (χ3n) is 9.81. The summed E-state index contributed by atoms with van der Waals surface area (Å²) in [4.78, 5) is 50.3. The lowest BCUT2D eigenvalue weighted by molar-refractivity contribution is -0.228. The third-order valence-corrected chi connectivity index (χ3v) is 9.81. The van der Waals surface area contributed by atoms with Gasteiger partial charge in [-0.3, -0.25) is 19.2 Å².